The van der Waals surface area contributed by atoms with Gasteiger partial charge in [0.15, 0.2) is 0 Å². The average molecular weight is 331 g/mol. The third-order valence-corrected chi connectivity index (χ3v) is 4.15. The van der Waals surface area contributed by atoms with Crippen LogP contribution in [0, 0.1) is 0 Å². The molecule has 3 nitrogen and oxygen atoms in total. The molecule has 122 valence electrons. The summed E-state index contributed by atoms with van der Waals surface area (Å²) in [5.74, 6) is 0. The van der Waals surface area contributed by atoms with Gasteiger partial charge < -0.3 is 9.80 Å². The van der Waals surface area contributed by atoms with E-state index in [0.29, 0.717) is 5.56 Å². The molecule has 0 bridgehead atoms. The van der Waals surface area contributed by atoms with Crippen LogP contribution in [-0.4, -0.2) is 37.9 Å². The molecule has 0 saturated heterocycles. The molecular weight excluding hydrogens is 308 g/mol. The fourth-order valence-corrected chi connectivity index (χ4v) is 2.63. The Balaban J connectivity index is 1.88. The maximum atomic E-state index is 10.7. The minimum absolute atomic E-state index is 0.713. The van der Waals surface area contributed by atoms with Gasteiger partial charge in [-0.05, 0) is 55.9 Å². The fourth-order valence-electron chi connectivity index (χ4n) is 2.51. The number of nitrogens with zero attached hydrogens (tertiary/aromatic N) is 2. The SMILES string of the molecule is CCN(CCN(C)Cc1ccc(Cl)cc1)c1ccc(C=O)cc1. The number of carbonyl (C=O) groups excluding carboxylic acids is 1. The minimum atomic E-state index is 0.713. The van der Waals surface area contributed by atoms with E-state index in [1.165, 1.54) is 5.56 Å². The molecule has 0 aromatic heterocycles. The van der Waals surface area contributed by atoms with E-state index in [4.69, 9.17) is 11.6 Å². The first-order chi connectivity index (χ1) is 11.1. The van der Waals surface area contributed by atoms with Crippen LogP contribution >= 0.6 is 11.6 Å². The molecule has 0 atom stereocenters. The van der Waals surface area contributed by atoms with Crippen molar-refractivity contribution in [3.8, 4) is 0 Å². The summed E-state index contributed by atoms with van der Waals surface area (Å²) in [5, 5.41) is 0.771. The van der Waals surface area contributed by atoms with E-state index in [9.17, 15) is 4.79 Å². The molecule has 0 saturated carbocycles. The lowest BCUT2D eigenvalue weighted by Gasteiger charge is -2.26. The van der Waals surface area contributed by atoms with Gasteiger partial charge in [-0.15, -0.1) is 0 Å². The van der Waals surface area contributed by atoms with E-state index < -0.39 is 0 Å². The zero-order valence-corrected chi connectivity index (χ0v) is 14.5. The second kappa shape index (κ2) is 8.70. The Labute approximate surface area is 143 Å². The number of aldehydes is 1. The van der Waals surface area contributed by atoms with Crippen LogP contribution in [0.25, 0.3) is 0 Å². The molecule has 4 heteroatoms. The molecule has 2 aromatic carbocycles. The predicted molar refractivity (Wildman–Crippen MR) is 97.5 cm³/mol. The van der Waals surface area contributed by atoms with Crippen molar-refractivity contribution in [3.63, 3.8) is 0 Å². The highest BCUT2D eigenvalue weighted by Gasteiger charge is 2.07. The summed E-state index contributed by atoms with van der Waals surface area (Å²) in [4.78, 5) is 15.3. The molecule has 0 aliphatic carbocycles. The van der Waals surface area contributed by atoms with Crippen LogP contribution in [0.3, 0.4) is 0 Å². The molecule has 2 rings (SSSR count). The molecule has 2 aromatic rings. The highest BCUT2D eigenvalue weighted by atomic mass is 35.5. The van der Waals surface area contributed by atoms with Crippen molar-refractivity contribution in [2.24, 2.45) is 0 Å². The summed E-state index contributed by atoms with van der Waals surface area (Å²) in [6, 6.07) is 15.7. The number of rotatable bonds is 8. The first-order valence-corrected chi connectivity index (χ1v) is 8.23. The van der Waals surface area contributed by atoms with Crippen LogP contribution in [0.1, 0.15) is 22.8 Å². The first kappa shape index (κ1) is 17.5. The van der Waals surface area contributed by atoms with Gasteiger partial charge in [0, 0.05) is 42.5 Å². The molecule has 0 aliphatic heterocycles. The Morgan fingerprint density at radius 3 is 2.22 bits per heavy atom. The number of hydrogen-bond donors (Lipinski definition) is 0. The fraction of sp³-hybridized carbons (Fsp3) is 0.316. The maximum Gasteiger partial charge on any atom is 0.150 e. The quantitative estimate of drug-likeness (QED) is 0.680. The zero-order chi connectivity index (χ0) is 16.7. The van der Waals surface area contributed by atoms with Gasteiger partial charge in [0.1, 0.15) is 6.29 Å². The standard InChI is InChI=1S/C19H23ClN2O/c1-3-22(19-10-6-17(15-23)7-11-19)13-12-21(2)14-16-4-8-18(20)9-5-16/h4-11,15H,3,12-14H2,1-2H3. The van der Waals surface area contributed by atoms with Gasteiger partial charge in [0.2, 0.25) is 0 Å². The van der Waals surface area contributed by atoms with Gasteiger partial charge >= 0.3 is 0 Å². The van der Waals surface area contributed by atoms with Crippen molar-refractivity contribution < 1.29 is 4.79 Å². The lowest BCUT2D eigenvalue weighted by Crippen LogP contribution is -2.33. The molecule has 23 heavy (non-hydrogen) atoms. The van der Waals surface area contributed by atoms with Crippen LogP contribution in [0.4, 0.5) is 5.69 Å². The lowest BCUT2D eigenvalue weighted by atomic mass is 10.2. The topological polar surface area (TPSA) is 23.6 Å². The normalized spacial score (nSPS) is 10.8. The van der Waals surface area contributed by atoms with Gasteiger partial charge in [0.25, 0.3) is 0 Å². The Morgan fingerprint density at radius 2 is 1.65 bits per heavy atom. The number of benzene rings is 2. The van der Waals surface area contributed by atoms with E-state index in [1.54, 1.807) is 0 Å². The lowest BCUT2D eigenvalue weighted by molar-refractivity contribution is 0.112. The summed E-state index contributed by atoms with van der Waals surface area (Å²) < 4.78 is 0. The van der Waals surface area contributed by atoms with E-state index >= 15 is 0 Å². The first-order valence-electron chi connectivity index (χ1n) is 7.85. The van der Waals surface area contributed by atoms with Gasteiger partial charge in [0.05, 0.1) is 0 Å². The Kier molecular flexibility index (Phi) is 6.63. The van der Waals surface area contributed by atoms with Crippen LogP contribution in [0.2, 0.25) is 5.02 Å². The number of likely N-dealkylation sites (N-methyl/N-ethyl adjacent to an activating group) is 2. The molecule has 0 aliphatic rings. The molecule has 0 fully saturated rings. The third-order valence-electron chi connectivity index (χ3n) is 3.89. The van der Waals surface area contributed by atoms with Crippen LogP contribution in [0.15, 0.2) is 48.5 Å². The second-order valence-electron chi connectivity index (χ2n) is 5.65. The second-order valence-corrected chi connectivity index (χ2v) is 6.09. The van der Waals surface area contributed by atoms with Crippen LogP contribution in [-0.2, 0) is 6.54 Å². The third kappa shape index (κ3) is 5.38. The average Bonchev–Trinajstić information content (AvgIpc) is 2.58. The molecule has 0 N–H and O–H groups in total. The Bertz CT molecular complexity index is 610. The molecule has 0 heterocycles. The maximum absolute atomic E-state index is 10.7. The van der Waals surface area contributed by atoms with Crippen molar-refractivity contribution in [3.05, 3.63) is 64.7 Å². The smallest absolute Gasteiger partial charge is 0.150 e. The zero-order valence-electron chi connectivity index (χ0n) is 13.7. The summed E-state index contributed by atoms with van der Waals surface area (Å²) in [6.45, 7) is 5.90. The number of anilines is 1. The number of halogens is 1. The minimum Gasteiger partial charge on any atom is -0.371 e. The van der Waals surface area contributed by atoms with Gasteiger partial charge in [-0.25, -0.2) is 0 Å². The van der Waals surface area contributed by atoms with Crippen LogP contribution < -0.4 is 4.90 Å². The molecule has 0 radical (unpaired) electrons. The van der Waals surface area contributed by atoms with Crippen molar-refractivity contribution in [1.29, 1.82) is 0 Å². The highest BCUT2D eigenvalue weighted by molar-refractivity contribution is 6.30. The van der Waals surface area contributed by atoms with E-state index in [1.807, 2.05) is 36.4 Å². The molecule has 0 spiro atoms. The summed E-state index contributed by atoms with van der Waals surface area (Å²) in [6.07, 6.45) is 0.875. The van der Waals surface area contributed by atoms with E-state index in [0.717, 1.165) is 43.2 Å². The van der Waals surface area contributed by atoms with Crippen molar-refractivity contribution in [2.75, 3.05) is 31.6 Å². The Hall–Kier alpha value is -1.84. The van der Waals surface area contributed by atoms with Crippen molar-refractivity contribution >= 4 is 23.6 Å². The summed E-state index contributed by atoms with van der Waals surface area (Å²) in [7, 11) is 2.12. The predicted octanol–water partition coefficient (Wildman–Crippen LogP) is 4.11. The van der Waals surface area contributed by atoms with Crippen molar-refractivity contribution in [1.82, 2.24) is 4.90 Å². The number of hydrogen-bond acceptors (Lipinski definition) is 3. The van der Waals surface area contributed by atoms with Gasteiger partial charge in [-0.1, -0.05) is 23.7 Å². The summed E-state index contributed by atoms with van der Waals surface area (Å²) in [5.41, 5.74) is 3.12. The van der Waals surface area contributed by atoms with Crippen molar-refractivity contribution in [2.45, 2.75) is 13.5 Å². The molecule has 0 amide bonds. The van der Waals surface area contributed by atoms with Gasteiger partial charge in [-0.3, -0.25) is 4.79 Å². The molecular formula is C19H23ClN2O. The van der Waals surface area contributed by atoms with E-state index in [-0.39, 0.29) is 0 Å². The monoisotopic (exact) mass is 330 g/mol. The largest absolute Gasteiger partial charge is 0.371 e. The van der Waals surface area contributed by atoms with Gasteiger partial charge in [-0.2, -0.15) is 0 Å². The Morgan fingerprint density at radius 1 is 1.00 bits per heavy atom. The van der Waals surface area contributed by atoms with E-state index in [2.05, 4.69) is 35.9 Å². The number of carbonyl (C=O) groups is 1. The molecule has 0 unspecified atom stereocenters. The van der Waals surface area contributed by atoms with Crippen LogP contribution in [0.5, 0.6) is 0 Å². The summed E-state index contributed by atoms with van der Waals surface area (Å²) >= 11 is 5.92. The highest BCUT2D eigenvalue weighted by Crippen LogP contribution is 2.15.